The van der Waals surface area contributed by atoms with Gasteiger partial charge in [0.1, 0.15) is 17.0 Å². The normalized spacial score (nSPS) is 19.9. The molecule has 4 aromatic carbocycles. The van der Waals surface area contributed by atoms with Gasteiger partial charge in [-0.2, -0.15) is 21.6 Å². The number of hydrogen-bond donors (Lipinski definition) is 5. The van der Waals surface area contributed by atoms with E-state index in [1.54, 1.807) is 84.0 Å². The maximum Gasteiger partial charge on any atom is 1.00 e. The van der Waals surface area contributed by atoms with Crippen molar-refractivity contribution in [2.24, 2.45) is 71.0 Å². The van der Waals surface area contributed by atoms with Crippen LogP contribution in [-0.4, -0.2) is 124 Å². The van der Waals surface area contributed by atoms with Crippen LogP contribution in [0.3, 0.4) is 0 Å². The van der Waals surface area contributed by atoms with Gasteiger partial charge in [-0.1, -0.05) is 127 Å². The number of pyridine rings is 1. The minimum atomic E-state index is -5.89. The number of carboxylic acids is 1. The van der Waals surface area contributed by atoms with Gasteiger partial charge in [-0.3, -0.25) is 9.69 Å². The Morgan fingerprint density at radius 2 is 1.05 bits per heavy atom. The van der Waals surface area contributed by atoms with Crippen LogP contribution in [0.1, 0.15) is 199 Å². The average Bonchev–Trinajstić information content (AvgIpc) is 1.74. The van der Waals surface area contributed by atoms with Crippen molar-refractivity contribution in [1.29, 1.82) is 0 Å². The Morgan fingerprint density at radius 3 is 1.54 bits per heavy atom. The van der Waals surface area contributed by atoms with Crippen molar-refractivity contribution in [3.05, 3.63) is 159 Å². The Morgan fingerprint density at radius 1 is 0.600 bits per heavy atom. The SMILES string of the molecule is C.CC(C)CC1C=C(OS(=O)(=O)C(F)(F)F)N(C(=O)OC(C)(C)C)CC1C.CC(C)CC1C=C(c2ccc3scnc3c2)N(C(=O)OC(C)(C)C)CC1C.CC(C)CC1C=C(c2ccc3scnc3c2)NCC1C.CC(C)CC1C[C@H](c2ccc3scnc3c2)NC[C@H]1C.Cc1cc(NC(=O)C(=O)O)cnc1N.Cc1ccc2scnc2c1.[B].[H-].[Na+]. The average molecular weight is 1760 g/mol. The van der Waals surface area contributed by atoms with Crippen molar-refractivity contribution in [2.75, 3.05) is 37.2 Å². The van der Waals surface area contributed by atoms with Crippen LogP contribution in [0.4, 0.5) is 34.3 Å². The number of nitrogens with two attached hydrogens (primary N) is 1. The number of aromatic nitrogens is 5. The fourth-order valence-corrected chi connectivity index (χ4v) is 17.3. The number of ether oxygens (including phenoxy) is 2. The number of carbonyl (C=O) groups is 4. The molecule has 4 aliphatic rings. The van der Waals surface area contributed by atoms with E-state index in [9.17, 15) is 40.8 Å². The van der Waals surface area contributed by atoms with E-state index in [0.717, 1.165) is 86.1 Å². The third kappa shape index (κ3) is 30.7. The van der Waals surface area contributed by atoms with Gasteiger partial charge in [-0.05, 0) is 248 Å². The van der Waals surface area contributed by atoms with E-state index in [1.165, 1.54) is 68.0 Å². The second-order valence-electron chi connectivity index (χ2n) is 34.7. The van der Waals surface area contributed by atoms with Crippen molar-refractivity contribution in [3.63, 3.8) is 0 Å². The molecule has 9 aromatic rings. The van der Waals surface area contributed by atoms with Crippen LogP contribution in [-0.2, 0) is 33.4 Å². The fraction of sp³-hybridized carbons (Fsp3) is 0.517. The van der Waals surface area contributed by atoms with E-state index >= 15 is 0 Å². The summed E-state index contributed by atoms with van der Waals surface area (Å²) in [5.74, 6) is 2.95. The number of nitrogens with one attached hydrogen (secondary N) is 3. The molecule has 4 aliphatic heterocycles. The van der Waals surface area contributed by atoms with Crippen LogP contribution in [0, 0.1) is 84.9 Å². The number of aliphatic carboxylic acids is 1. The molecule has 0 bridgehead atoms. The van der Waals surface area contributed by atoms with Crippen LogP contribution >= 0.6 is 45.3 Å². The van der Waals surface area contributed by atoms with Gasteiger partial charge in [0.25, 0.3) is 0 Å². The number of benzene rings is 4. The number of rotatable bonds is 14. The topological polar surface area (TPSA) is 283 Å². The summed E-state index contributed by atoms with van der Waals surface area (Å²) in [5, 5.41) is 17.8. The number of halogens is 3. The summed E-state index contributed by atoms with van der Waals surface area (Å²) in [6, 6.07) is 28.0. The zero-order valence-corrected chi connectivity index (χ0v) is 78.7. The fourth-order valence-electron chi connectivity index (χ4n) is 14.2. The summed E-state index contributed by atoms with van der Waals surface area (Å²) in [4.78, 5) is 70.1. The Labute approximate surface area is 749 Å². The zero-order valence-electron chi connectivity index (χ0n) is 73.6. The molecule has 6 N–H and O–H groups in total. The molecular formula is C89H123BF3N11NaO10S5. The van der Waals surface area contributed by atoms with Gasteiger partial charge in [0.2, 0.25) is 5.88 Å². The molecule has 0 spiro atoms. The van der Waals surface area contributed by atoms with Gasteiger partial charge in [-0.15, -0.1) is 45.3 Å². The molecule has 31 heteroatoms. The molecule has 3 amide bonds. The zero-order chi connectivity index (χ0) is 86.2. The van der Waals surface area contributed by atoms with E-state index in [-0.39, 0.29) is 77.2 Å². The molecule has 9 heterocycles. The quantitative estimate of drug-likeness (QED) is 0.0293. The molecule has 120 heavy (non-hydrogen) atoms. The molecule has 649 valence electrons. The number of aryl methyl sites for hydroxylation is 2. The molecule has 9 atom stereocenters. The predicted molar refractivity (Wildman–Crippen MR) is 484 cm³/mol. The summed E-state index contributed by atoms with van der Waals surface area (Å²) in [6.07, 6.45) is 11.6. The Hall–Kier alpha value is -7.55. The molecule has 3 radical (unpaired) electrons. The minimum absolute atomic E-state index is 0. The first kappa shape index (κ1) is 103. The summed E-state index contributed by atoms with van der Waals surface area (Å²) in [5.41, 5.74) is 18.6. The van der Waals surface area contributed by atoms with E-state index in [0.29, 0.717) is 65.7 Å². The number of nitrogen functional groups attached to an aromatic ring is 1. The van der Waals surface area contributed by atoms with Crippen molar-refractivity contribution in [2.45, 2.75) is 201 Å². The number of amides is 3. The standard InChI is InChI=1S/C22H30N2O2S.C17H24N2S.C17H22N2S.C16H26F3NO5S.C8H9N3O3.C8H7NS.CH4.B.Na.H/c1-14(2)9-17-11-19(16-7-8-20-18(10-16)23-13-27-20)24(12-15(17)3)21(25)26-22(4,5)6;2*1-11(2)6-14-8-15(18-9-12(14)3)13-4-5-17-16(7-13)19-10-20-17;1-10(2)7-12-8-13(25-26(22,23)16(17,18)19)20(9-11(12)3)14(21)24-15(4,5)6;1-4-2-5(3-10-6(4)9)11-7(12)8(13)14;1-6-2-3-8-7(4-6)9-5-10-8;;;;/h7-8,10-11,13-15,17H,9,12H2,1-6H3;4-5,7,10-12,14-15,18H,6,8-9H2,1-3H3;4-5,7-8,10-12,14,18H,6,9H2,1-3H3;8,10-12H,7,9H2,1-6H3;2-3H,1H3,(H2,9,10)(H,11,12)(H,13,14);2-5H,1H3;1H4;;;/q;;;;;;;;+1;-1/t;12-,14?,15-;;;;;;;;/m.1......../s1. The smallest absolute Gasteiger partial charge is 1.00 e. The number of carbonyl (C=O) groups excluding carboxylic acids is 3. The van der Waals surface area contributed by atoms with Gasteiger partial charge in [0, 0.05) is 45.3 Å². The number of fused-ring (bicyclic) bond motifs is 4. The Balaban J connectivity index is 0.000000309. The summed E-state index contributed by atoms with van der Waals surface area (Å²) in [7, 11) is -5.89. The monoisotopic (exact) mass is 1760 g/mol. The van der Waals surface area contributed by atoms with E-state index in [1.807, 2.05) is 63.6 Å². The van der Waals surface area contributed by atoms with Crippen molar-refractivity contribution in [3.8, 4) is 0 Å². The maximum absolute atomic E-state index is 12.9. The molecule has 0 saturated carbocycles. The minimum Gasteiger partial charge on any atom is -1.00 e. The molecule has 5 aromatic heterocycles. The number of thiazole rings is 4. The molecule has 1 saturated heterocycles. The van der Waals surface area contributed by atoms with Gasteiger partial charge in [0.05, 0.1) is 80.5 Å². The second kappa shape index (κ2) is 45.7. The second-order valence-corrected chi connectivity index (χ2v) is 39.8. The number of carboxylic acid groups (broad SMARTS) is 1. The number of nitrogens with zero attached hydrogens (tertiary/aromatic N) is 7. The largest absolute Gasteiger partial charge is 1.00 e. The molecular weight excluding hydrogens is 1630 g/mol. The van der Waals surface area contributed by atoms with E-state index in [4.69, 9.17) is 20.3 Å². The first-order valence-electron chi connectivity index (χ1n) is 40.0. The number of hydrogen-bond acceptors (Lipinski definition) is 21. The molecule has 21 nitrogen and oxygen atoms in total. The van der Waals surface area contributed by atoms with Gasteiger partial charge >= 0.3 is 69.2 Å². The first-order valence-corrected chi connectivity index (χ1v) is 44.9. The van der Waals surface area contributed by atoms with Crippen LogP contribution in [0.15, 0.2) is 131 Å². The molecule has 0 aliphatic carbocycles. The Kier molecular flexibility index (Phi) is 39.2. The molecule has 7 unspecified atom stereocenters. The maximum atomic E-state index is 12.9. The van der Waals surface area contributed by atoms with Gasteiger partial charge < -0.3 is 41.9 Å². The van der Waals surface area contributed by atoms with Crippen LogP contribution < -0.4 is 51.2 Å². The van der Waals surface area contributed by atoms with Crippen molar-refractivity contribution in [1.82, 2.24) is 45.4 Å². The van der Waals surface area contributed by atoms with Crippen LogP contribution in [0.25, 0.3) is 52.3 Å². The van der Waals surface area contributed by atoms with Crippen molar-refractivity contribution >= 4 is 152 Å². The van der Waals surface area contributed by atoms with Gasteiger partial charge in [-0.25, -0.2) is 44.2 Å². The van der Waals surface area contributed by atoms with Crippen molar-refractivity contribution < 1.29 is 90.5 Å². The van der Waals surface area contributed by atoms with E-state index < -0.39 is 50.7 Å². The van der Waals surface area contributed by atoms with Crippen LogP contribution in [0.5, 0.6) is 0 Å². The predicted octanol–water partition coefficient (Wildman–Crippen LogP) is 19.6. The summed E-state index contributed by atoms with van der Waals surface area (Å²) < 4.78 is 81.0. The van der Waals surface area contributed by atoms with Gasteiger partial charge in [0.15, 0.2) is 0 Å². The van der Waals surface area contributed by atoms with E-state index in [2.05, 4.69) is 199 Å². The number of alkyl halides is 3. The first-order chi connectivity index (χ1) is 54.8. The summed E-state index contributed by atoms with van der Waals surface area (Å²) >= 11 is 6.74. The number of piperidine rings is 1. The Bertz CT molecular complexity index is 5060. The summed E-state index contributed by atoms with van der Waals surface area (Å²) in [6.45, 7) is 43.6. The third-order valence-electron chi connectivity index (χ3n) is 20.2. The molecule has 13 rings (SSSR count). The number of anilines is 2. The molecule has 1 fully saturated rings. The third-order valence-corrected chi connectivity index (χ3v) is 24.4. The van der Waals surface area contributed by atoms with Crippen LogP contribution in [0.2, 0.25) is 0 Å². The number of allylic oxidation sites excluding steroid dienone is 3.